The quantitative estimate of drug-likeness (QED) is 0.257. The zero-order valence-corrected chi connectivity index (χ0v) is 10.4. The van der Waals surface area contributed by atoms with Crippen LogP contribution >= 0.6 is 0 Å². The number of nitrogens with one attached hydrogen (secondary N) is 1. The predicted octanol–water partition coefficient (Wildman–Crippen LogP) is -6.03. The van der Waals surface area contributed by atoms with E-state index in [2.05, 4.69) is 12.4 Å². The molecule has 1 N–H and O–H groups in total. The number of hydrogen-bond donors (Lipinski definition) is 1. The second kappa shape index (κ2) is 36.0. The second-order valence-corrected chi connectivity index (χ2v) is 1.38. The molecule has 11 nitrogen and oxygen atoms in total. The van der Waals surface area contributed by atoms with Crippen LogP contribution in [-0.2, 0) is 21.9 Å². The van der Waals surface area contributed by atoms with Gasteiger partial charge in [0, 0.05) is 12.4 Å². The molecule has 1 rings (SSSR count). The van der Waals surface area contributed by atoms with Crippen molar-refractivity contribution in [1.29, 1.82) is 4.78 Å². The minimum atomic E-state index is -1.75. The Bertz CT molecular complexity index is 150. The predicted molar refractivity (Wildman–Crippen MR) is 50.1 cm³/mol. The summed E-state index contributed by atoms with van der Waals surface area (Å²) < 4.78 is 14.8. The van der Waals surface area contributed by atoms with E-state index < -0.39 is 10.2 Å². The van der Waals surface area contributed by atoms with Crippen molar-refractivity contribution >= 4 is 12.4 Å². The van der Waals surface area contributed by atoms with Crippen LogP contribution in [0.5, 0.6) is 0 Å². The van der Waals surface area contributed by atoms with Crippen LogP contribution in [0.2, 0.25) is 0 Å². The van der Waals surface area contributed by atoms with Crippen molar-refractivity contribution in [2.45, 2.75) is 0 Å². The van der Waals surface area contributed by atoms with Crippen LogP contribution in [-0.4, -0.2) is 30.2 Å². The molecule has 0 unspecified atom stereocenters. The summed E-state index contributed by atoms with van der Waals surface area (Å²) in [6, 6.07) is 0. The third-order valence-corrected chi connectivity index (χ3v) is 0.539. The normalized spacial score (nSPS) is 9.56. The summed E-state index contributed by atoms with van der Waals surface area (Å²) in [6.07, 6.45) is 0. The van der Waals surface area contributed by atoms with E-state index in [0.29, 0.717) is 6.79 Å². The molecule has 15 heteroatoms. The molecule has 0 aromatic heterocycles. The largest absolute Gasteiger partial charge is 1.00 e. The Morgan fingerprint density at radius 1 is 0.889 bits per heavy atom. The van der Waals surface area contributed by atoms with E-state index in [0.717, 1.165) is 13.2 Å². The standard InChI is InChI=1S/C3H6O2.FH.2Li.2NO3.HNS/c1-2-5-3-4-1;;;;2*2-1(3)4;1-2/h1-3H2;1H;;;;;1H/q;;2*+1;2*-1;. The average Bonchev–Trinajstić information content (AvgIpc) is 2.61. The molecular weight excluding hydrogens is 271 g/mol. The molecule has 1 fully saturated rings. The number of nitrogens with zero attached hydrogens (tertiary/aromatic N) is 2. The Morgan fingerprint density at radius 3 is 1.11 bits per heavy atom. The topological polar surface area (TPSA) is 175 Å². The zero-order valence-electron chi connectivity index (χ0n) is 9.60. The monoisotopic (exact) mass is 279 g/mol. The zero-order chi connectivity index (χ0) is 12.7. The van der Waals surface area contributed by atoms with Crippen LogP contribution in [0.4, 0.5) is 4.70 Å². The van der Waals surface area contributed by atoms with Crippen LogP contribution < -0.4 is 37.7 Å². The van der Waals surface area contributed by atoms with Crippen molar-refractivity contribution < 1.29 is 62.1 Å². The molecule has 0 aliphatic carbocycles. The summed E-state index contributed by atoms with van der Waals surface area (Å²) in [5, 5.41) is 29.5. The first kappa shape index (κ1) is 36.0. The van der Waals surface area contributed by atoms with Crippen molar-refractivity contribution in [3.8, 4) is 0 Å². The average molecular weight is 279 g/mol. The van der Waals surface area contributed by atoms with Crippen molar-refractivity contribution in [2.24, 2.45) is 0 Å². The molecule has 0 amide bonds. The molecule has 0 atom stereocenters. The number of ether oxygens (including phenoxy) is 2. The summed E-state index contributed by atoms with van der Waals surface area (Å²) in [4.78, 5) is 16.5. The molecule has 1 aliphatic rings. The fourth-order valence-electron chi connectivity index (χ4n) is 0.295. The van der Waals surface area contributed by atoms with Gasteiger partial charge in [-0.05, 0) is 0 Å². The van der Waals surface area contributed by atoms with Crippen molar-refractivity contribution in [3.05, 3.63) is 30.6 Å². The number of hydrogen-bond acceptors (Lipinski definition) is 10. The van der Waals surface area contributed by atoms with E-state index in [1.54, 1.807) is 0 Å². The van der Waals surface area contributed by atoms with Gasteiger partial charge in [-0.1, -0.05) is 0 Å². The first-order valence-electron chi connectivity index (χ1n) is 2.95. The molecule has 1 aliphatic heterocycles. The molecule has 1 heterocycles. The Labute approximate surface area is 130 Å². The van der Waals surface area contributed by atoms with Gasteiger partial charge in [0.1, 0.15) is 6.79 Å². The summed E-state index contributed by atoms with van der Waals surface area (Å²) in [5.74, 6) is 0. The Hall–Kier alpha value is -0.535. The molecule has 0 saturated carbocycles. The van der Waals surface area contributed by atoms with Gasteiger partial charge in [0.15, 0.2) is 0 Å². The molecule has 0 aromatic carbocycles. The van der Waals surface area contributed by atoms with Crippen LogP contribution in [0.15, 0.2) is 0 Å². The molecule has 0 spiro atoms. The maximum atomic E-state index is 8.25. The fraction of sp³-hybridized carbons (Fsp3) is 1.00. The van der Waals surface area contributed by atoms with E-state index in [-0.39, 0.29) is 42.4 Å². The van der Waals surface area contributed by atoms with Gasteiger partial charge in [0.25, 0.3) is 0 Å². The molecule has 0 radical (unpaired) electrons. The molecule has 1 saturated heterocycles. The maximum absolute atomic E-state index is 8.25. The van der Waals surface area contributed by atoms with Gasteiger partial charge in [-0.2, -0.15) is 0 Å². The summed E-state index contributed by atoms with van der Waals surface area (Å²) >= 11 is 3.33. The summed E-state index contributed by atoms with van der Waals surface area (Å²) in [7, 11) is 0. The third-order valence-electron chi connectivity index (χ3n) is 0.539. The second-order valence-electron chi connectivity index (χ2n) is 1.38. The van der Waals surface area contributed by atoms with Crippen molar-refractivity contribution in [2.75, 3.05) is 20.0 Å². The van der Waals surface area contributed by atoms with E-state index in [1.807, 2.05) is 0 Å². The van der Waals surface area contributed by atoms with Gasteiger partial charge >= 0.3 is 37.7 Å². The molecule has 98 valence electrons. The Morgan fingerprint density at radius 2 is 1.06 bits per heavy atom. The van der Waals surface area contributed by atoms with Gasteiger partial charge in [-0.3, -0.25) is 4.70 Å². The fourth-order valence-corrected chi connectivity index (χ4v) is 0.295. The SMILES string of the molecule is C1COCO1.F.N=S.O=[N+]([O-])[O-].O=[N+]([O-])[O-].[Li+].[Li+]. The van der Waals surface area contributed by atoms with Crippen LogP contribution in [0.25, 0.3) is 0 Å². The van der Waals surface area contributed by atoms with E-state index in [9.17, 15) is 0 Å². The van der Waals surface area contributed by atoms with Crippen LogP contribution in [0.3, 0.4) is 0 Å². The number of rotatable bonds is 0. The van der Waals surface area contributed by atoms with Gasteiger partial charge < -0.3 is 40.1 Å². The van der Waals surface area contributed by atoms with E-state index in [1.165, 1.54) is 0 Å². The first-order valence-corrected chi connectivity index (χ1v) is 3.36. The minimum Gasteiger partial charge on any atom is -0.356 e. The van der Waals surface area contributed by atoms with Gasteiger partial charge in [-0.15, -0.1) is 0 Å². The van der Waals surface area contributed by atoms with E-state index >= 15 is 0 Å². The first-order chi connectivity index (χ1) is 6.96. The van der Waals surface area contributed by atoms with Gasteiger partial charge in [-0.25, -0.2) is 4.78 Å². The van der Waals surface area contributed by atoms with Gasteiger partial charge in [0.05, 0.1) is 23.4 Å². The van der Waals surface area contributed by atoms with Crippen molar-refractivity contribution in [1.82, 2.24) is 0 Å². The Kier molecular flexibility index (Phi) is 72.0. The van der Waals surface area contributed by atoms with Crippen molar-refractivity contribution in [3.63, 3.8) is 0 Å². The van der Waals surface area contributed by atoms with Crippen LogP contribution in [0, 0.1) is 35.4 Å². The maximum Gasteiger partial charge on any atom is 1.00 e. The van der Waals surface area contributed by atoms with Gasteiger partial charge in [0.2, 0.25) is 0 Å². The Balaban J connectivity index is -0.0000000263. The minimum absolute atomic E-state index is 0. The number of halogens is 1. The van der Waals surface area contributed by atoms with Crippen LogP contribution in [0.1, 0.15) is 0 Å². The summed E-state index contributed by atoms with van der Waals surface area (Å²) in [5.41, 5.74) is 0. The van der Waals surface area contributed by atoms with E-state index in [4.69, 9.17) is 44.9 Å². The molecule has 0 aromatic rings. The third kappa shape index (κ3) is 162. The molecular formula is C3H8FLi2N3O8S. The molecule has 0 bridgehead atoms. The molecule has 18 heavy (non-hydrogen) atoms. The summed E-state index contributed by atoms with van der Waals surface area (Å²) in [6.45, 7) is 2.06. The smallest absolute Gasteiger partial charge is 0.356 e.